The lowest BCUT2D eigenvalue weighted by Gasteiger charge is -2.14. The summed E-state index contributed by atoms with van der Waals surface area (Å²) in [6.07, 6.45) is 1.79. The number of methoxy groups -OCH3 is 1. The number of aromatic amines is 1. The van der Waals surface area contributed by atoms with Crippen LogP contribution in [0.3, 0.4) is 0 Å². The molecule has 0 bridgehead atoms. The summed E-state index contributed by atoms with van der Waals surface area (Å²) >= 11 is 2.87. The third kappa shape index (κ3) is 4.50. The fourth-order valence-electron chi connectivity index (χ4n) is 3.01. The molecule has 0 spiro atoms. The van der Waals surface area contributed by atoms with Crippen molar-refractivity contribution in [1.82, 2.24) is 15.2 Å². The maximum absolute atomic E-state index is 13.5. The standard InChI is InChI=1S/C21H20N4O2S2/c1-27-12-11-22-20-24-25-21(29-20)28-19(14-7-3-2-4-8-14)18(26)16-13-23-17-10-6-5-9-15(16)17/h2-10,13,19,23H,11-12H2,1H3,(H,22,24). The lowest BCUT2D eigenvalue weighted by molar-refractivity contribution is 0.0991. The normalized spacial score (nSPS) is 12.2. The molecule has 0 aliphatic carbocycles. The number of ether oxygens (including phenoxy) is 1. The molecule has 0 aliphatic rings. The van der Waals surface area contributed by atoms with Gasteiger partial charge in [-0.3, -0.25) is 4.79 Å². The molecule has 148 valence electrons. The second-order valence-corrected chi connectivity index (χ2v) is 8.64. The van der Waals surface area contributed by atoms with Crippen LogP contribution in [0.4, 0.5) is 5.13 Å². The van der Waals surface area contributed by atoms with Crippen molar-refractivity contribution >= 4 is 44.9 Å². The first-order valence-electron chi connectivity index (χ1n) is 9.14. The molecular weight excluding hydrogens is 404 g/mol. The van der Waals surface area contributed by atoms with Crippen molar-refractivity contribution in [2.75, 3.05) is 25.6 Å². The fourth-order valence-corrected chi connectivity index (χ4v) is 5.04. The maximum Gasteiger partial charge on any atom is 0.206 e. The number of nitrogens with zero attached hydrogens (tertiary/aromatic N) is 2. The third-order valence-corrected chi connectivity index (χ3v) is 6.62. The maximum atomic E-state index is 13.5. The summed E-state index contributed by atoms with van der Waals surface area (Å²) in [4.78, 5) is 16.7. The van der Waals surface area contributed by atoms with Crippen LogP contribution in [0.15, 0.2) is 65.1 Å². The Morgan fingerprint density at radius 2 is 1.97 bits per heavy atom. The zero-order valence-corrected chi connectivity index (χ0v) is 17.4. The van der Waals surface area contributed by atoms with Crippen molar-refractivity contribution in [2.45, 2.75) is 9.59 Å². The van der Waals surface area contributed by atoms with Gasteiger partial charge in [0, 0.05) is 36.3 Å². The minimum absolute atomic E-state index is 0.0442. The number of carbonyl (C=O) groups is 1. The summed E-state index contributed by atoms with van der Waals surface area (Å²) in [7, 11) is 1.66. The van der Waals surface area contributed by atoms with Crippen LogP contribution in [0.5, 0.6) is 0 Å². The minimum atomic E-state index is -0.407. The Morgan fingerprint density at radius 3 is 2.79 bits per heavy atom. The highest BCUT2D eigenvalue weighted by molar-refractivity contribution is 8.02. The van der Waals surface area contributed by atoms with Crippen LogP contribution in [0.1, 0.15) is 21.2 Å². The van der Waals surface area contributed by atoms with Gasteiger partial charge in [-0.1, -0.05) is 71.6 Å². The number of para-hydroxylation sites is 1. The van der Waals surface area contributed by atoms with Crippen LogP contribution in [0.25, 0.3) is 10.9 Å². The fraction of sp³-hybridized carbons (Fsp3) is 0.190. The summed E-state index contributed by atoms with van der Waals surface area (Å²) in [5, 5.41) is 12.8. The highest BCUT2D eigenvalue weighted by atomic mass is 32.2. The molecule has 0 amide bonds. The van der Waals surface area contributed by atoms with Gasteiger partial charge in [0.1, 0.15) is 5.25 Å². The van der Waals surface area contributed by atoms with E-state index in [1.165, 1.54) is 23.1 Å². The van der Waals surface area contributed by atoms with Gasteiger partial charge in [0.25, 0.3) is 0 Å². The number of hydrogen-bond donors (Lipinski definition) is 2. The summed E-state index contributed by atoms with van der Waals surface area (Å²) < 4.78 is 5.78. The van der Waals surface area contributed by atoms with Crippen LogP contribution in [0.2, 0.25) is 0 Å². The van der Waals surface area contributed by atoms with Crippen LogP contribution in [-0.4, -0.2) is 41.2 Å². The van der Waals surface area contributed by atoms with E-state index in [2.05, 4.69) is 20.5 Å². The van der Waals surface area contributed by atoms with E-state index in [4.69, 9.17) is 4.74 Å². The molecule has 0 fully saturated rings. The van der Waals surface area contributed by atoms with Gasteiger partial charge in [0.2, 0.25) is 5.13 Å². The van der Waals surface area contributed by atoms with E-state index >= 15 is 0 Å². The first kappa shape index (κ1) is 19.6. The Bertz CT molecular complexity index is 1090. The largest absolute Gasteiger partial charge is 0.383 e. The molecule has 0 aliphatic heterocycles. The molecule has 0 saturated carbocycles. The van der Waals surface area contributed by atoms with Crippen molar-refractivity contribution in [3.8, 4) is 0 Å². The zero-order valence-electron chi connectivity index (χ0n) is 15.8. The molecular formula is C21H20N4O2S2. The second kappa shape index (κ2) is 9.21. The summed E-state index contributed by atoms with van der Waals surface area (Å²) in [6, 6.07) is 17.6. The average Bonchev–Trinajstić information content (AvgIpc) is 3.39. The van der Waals surface area contributed by atoms with Gasteiger partial charge in [-0.05, 0) is 11.6 Å². The second-order valence-electron chi connectivity index (χ2n) is 6.31. The number of ketones is 1. The molecule has 4 rings (SSSR count). The first-order valence-corrected chi connectivity index (χ1v) is 10.8. The number of nitrogens with one attached hydrogen (secondary N) is 2. The Hall–Kier alpha value is -2.68. The predicted molar refractivity (Wildman–Crippen MR) is 118 cm³/mol. The predicted octanol–water partition coefficient (Wildman–Crippen LogP) is 4.79. The van der Waals surface area contributed by atoms with Crippen LogP contribution < -0.4 is 5.32 Å². The van der Waals surface area contributed by atoms with E-state index in [1.807, 2.05) is 54.6 Å². The summed E-state index contributed by atoms with van der Waals surface area (Å²) in [5.74, 6) is 0.0442. The molecule has 8 heteroatoms. The van der Waals surface area contributed by atoms with Gasteiger partial charge < -0.3 is 15.0 Å². The summed E-state index contributed by atoms with van der Waals surface area (Å²) in [6.45, 7) is 1.25. The number of aromatic nitrogens is 3. The number of anilines is 1. The topological polar surface area (TPSA) is 79.9 Å². The molecule has 2 aromatic carbocycles. The molecule has 29 heavy (non-hydrogen) atoms. The Labute approximate surface area is 176 Å². The molecule has 2 aromatic heterocycles. The number of rotatable bonds is 9. The third-order valence-electron chi connectivity index (χ3n) is 4.40. The Kier molecular flexibility index (Phi) is 6.24. The van der Waals surface area contributed by atoms with E-state index in [0.717, 1.165) is 25.9 Å². The number of carbonyl (C=O) groups excluding carboxylic acids is 1. The van der Waals surface area contributed by atoms with Crippen molar-refractivity contribution < 1.29 is 9.53 Å². The minimum Gasteiger partial charge on any atom is -0.383 e. The lowest BCUT2D eigenvalue weighted by Crippen LogP contribution is -2.09. The van der Waals surface area contributed by atoms with Gasteiger partial charge >= 0.3 is 0 Å². The van der Waals surface area contributed by atoms with E-state index in [0.29, 0.717) is 18.7 Å². The number of benzene rings is 2. The Morgan fingerprint density at radius 1 is 1.17 bits per heavy atom. The summed E-state index contributed by atoms with van der Waals surface area (Å²) in [5.41, 5.74) is 2.58. The molecule has 1 unspecified atom stereocenters. The monoisotopic (exact) mass is 424 g/mol. The number of Topliss-reactive ketones (excluding diaryl/α,β-unsaturated/α-hetero) is 1. The molecule has 6 nitrogen and oxygen atoms in total. The van der Waals surface area contributed by atoms with Crippen molar-refractivity contribution in [3.05, 3.63) is 71.9 Å². The number of hydrogen-bond acceptors (Lipinski definition) is 7. The van der Waals surface area contributed by atoms with Crippen molar-refractivity contribution in [1.29, 1.82) is 0 Å². The zero-order chi connectivity index (χ0) is 20.1. The van der Waals surface area contributed by atoms with Gasteiger partial charge in [0.15, 0.2) is 10.1 Å². The molecule has 0 radical (unpaired) electrons. The SMILES string of the molecule is COCCNc1nnc(SC(C(=O)c2c[nH]c3ccccc23)c2ccccc2)s1. The number of thioether (sulfide) groups is 1. The average molecular weight is 425 g/mol. The van der Waals surface area contributed by atoms with Gasteiger partial charge in [-0.2, -0.15) is 0 Å². The first-order chi connectivity index (χ1) is 14.3. The lowest BCUT2D eigenvalue weighted by atomic mass is 10.0. The quantitative estimate of drug-likeness (QED) is 0.228. The number of H-pyrrole nitrogens is 1. The Balaban J connectivity index is 1.62. The van der Waals surface area contributed by atoms with Crippen LogP contribution >= 0.6 is 23.1 Å². The van der Waals surface area contributed by atoms with E-state index in [9.17, 15) is 4.79 Å². The molecule has 4 aromatic rings. The van der Waals surface area contributed by atoms with E-state index in [1.54, 1.807) is 13.3 Å². The van der Waals surface area contributed by atoms with Gasteiger partial charge in [-0.25, -0.2) is 0 Å². The molecule has 2 N–H and O–H groups in total. The van der Waals surface area contributed by atoms with Crippen molar-refractivity contribution in [2.24, 2.45) is 0 Å². The smallest absolute Gasteiger partial charge is 0.206 e. The highest BCUT2D eigenvalue weighted by Crippen LogP contribution is 2.40. The van der Waals surface area contributed by atoms with E-state index < -0.39 is 5.25 Å². The van der Waals surface area contributed by atoms with E-state index in [-0.39, 0.29) is 5.78 Å². The molecule has 1 atom stereocenters. The molecule has 2 heterocycles. The van der Waals surface area contributed by atoms with Crippen LogP contribution in [0, 0.1) is 0 Å². The van der Waals surface area contributed by atoms with Gasteiger partial charge in [-0.15, -0.1) is 10.2 Å². The van der Waals surface area contributed by atoms with Crippen LogP contribution in [-0.2, 0) is 4.74 Å². The highest BCUT2D eigenvalue weighted by Gasteiger charge is 2.27. The van der Waals surface area contributed by atoms with Crippen molar-refractivity contribution in [3.63, 3.8) is 0 Å². The molecule has 0 saturated heterocycles. The number of fused-ring (bicyclic) bond motifs is 1. The van der Waals surface area contributed by atoms with Gasteiger partial charge in [0.05, 0.1) is 6.61 Å².